The number of hydrogen-bond donors (Lipinski definition) is 0. The van der Waals surface area contributed by atoms with Gasteiger partial charge >= 0.3 is 0 Å². The molecule has 0 unspecified atom stereocenters. The first-order valence-corrected chi connectivity index (χ1v) is 7.35. The third-order valence-corrected chi connectivity index (χ3v) is 3.78. The number of nitrogens with zero attached hydrogens (tertiary/aromatic N) is 3. The molecule has 0 bridgehead atoms. The van der Waals surface area contributed by atoms with Crippen molar-refractivity contribution in [3.8, 4) is 0 Å². The van der Waals surface area contributed by atoms with E-state index in [-0.39, 0.29) is 18.2 Å². The van der Waals surface area contributed by atoms with E-state index in [1.54, 1.807) is 33.1 Å². The largest absolute Gasteiger partial charge is 0.467 e. The summed E-state index contributed by atoms with van der Waals surface area (Å²) in [4.78, 5) is 39.5. The van der Waals surface area contributed by atoms with Crippen molar-refractivity contribution in [2.75, 3.05) is 32.7 Å². The molecule has 1 aliphatic rings. The van der Waals surface area contributed by atoms with E-state index in [2.05, 4.69) is 0 Å². The zero-order valence-corrected chi connectivity index (χ0v) is 12.7. The number of piperazine rings is 1. The molecule has 0 aromatic carbocycles. The first-order chi connectivity index (χ1) is 10.6. The van der Waals surface area contributed by atoms with E-state index in [4.69, 9.17) is 4.42 Å². The highest BCUT2D eigenvalue weighted by Gasteiger charge is 2.21. The van der Waals surface area contributed by atoms with Crippen molar-refractivity contribution >= 4 is 18.2 Å². The summed E-state index contributed by atoms with van der Waals surface area (Å²) in [5.41, 5.74) is 0. The van der Waals surface area contributed by atoms with Gasteiger partial charge in [0.25, 0.3) is 0 Å². The van der Waals surface area contributed by atoms with Crippen molar-refractivity contribution in [2.45, 2.75) is 19.9 Å². The van der Waals surface area contributed by atoms with Crippen molar-refractivity contribution in [3.63, 3.8) is 0 Å². The Kier molecular flexibility index (Phi) is 5.57. The predicted molar refractivity (Wildman–Crippen MR) is 78.6 cm³/mol. The molecule has 1 aromatic rings. The second-order valence-electron chi connectivity index (χ2n) is 5.29. The molecule has 0 atom stereocenters. The molecule has 1 fully saturated rings. The summed E-state index contributed by atoms with van der Waals surface area (Å²) in [5.74, 6) is 0.619. The van der Waals surface area contributed by atoms with E-state index < -0.39 is 0 Å². The monoisotopic (exact) mass is 307 g/mol. The van der Waals surface area contributed by atoms with Crippen LogP contribution in [0.4, 0.5) is 0 Å². The normalized spacial score (nSPS) is 14.8. The molecule has 0 saturated carbocycles. The molecule has 2 rings (SSSR count). The van der Waals surface area contributed by atoms with Gasteiger partial charge < -0.3 is 19.1 Å². The van der Waals surface area contributed by atoms with Gasteiger partial charge in [-0.15, -0.1) is 0 Å². The van der Waals surface area contributed by atoms with Crippen LogP contribution in [-0.2, 0) is 20.9 Å². The zero-order chi connectivity index (χ0) is 15.9. The van der Waals surface area contributed by atoms with Crippen molar-refractivity contribution in [1.82, 2.24) is 14.7 Å². The molecule has 3 amide bonds. The molecule has 22 heavy (non-hydrogen) atoms. The number of furan rings is 1. The van der Waals surface area contributed by atoms with E-state index in [1.165, 1.54) is 6.92 Å². The lowest BCUT2D eigenvalue weighted by Crippen LogP contribution is -2.48. The number of rotatable bonds is 6. The Labute approximate surface area is 129 Å². The molecule has 7 heteroatoms. The molecule has 120 valence electrons. The second-order valence-corrected chi connectivity index (χ2v) is 5.29. The third kappa shape index (κ3) is 4.34. The fourth-order valence-corrected chi connectivity index (χ4v) is 2.40. The van der Waals surface area contributed by atoms with Gasteiger partial charge in [0.15, 0.2) is 0 Å². The van der Waals surface area contributed by atoms with Gasteiger partial charge in [0, 0.05) is 46.1 Å². The summed E-state index contributed by atoms with van der Waals surface area (Å²) in [5, 5.41) is 0. The van der Waals surface area contributed by atoms with E-state index in [1.807, 2.05) is 0 Å². The highest BCUT2D eigenvalue weighted by Crippen LogP contribution is 2.08. The van der Waals surface area contributed by atoms with E-state index >= 15 is 0 Å². The smallest absolute Gasteiger partial charge is 0.224 e. The van der Waals surface area contributed by atoms with Gasteiger partial charge in [-0.3, -0.25) is 14.4 Å². The minimum Gasteiger partial charge on any atom is -0.467 e. The maximum absolute atomic E-state index is 12.2. The molecule has 0 spiro atoms. The Morgan fingerprint density at radius 3 is 2.59 bits per heavy atom. The fourth-order valence-electron chi connectivity index (χ4n) is 2.40. The van der Waals surface area contributed by atoms with Crippen molar-refractivity contribution in [3.05, 3.63) is 24.2 Å². The van der Waals surface area contributed by atoms with E-state index in [0.29, 0.717) is 45.0 Å². The lowest BCUT2D eigenvalue weighted by Gasteiger charge is -2.33. The van der Waals surface area contributed by atoms with Crippen LogP contribution in [0.25, 0.3) is 0 Å². The Hall–Kier alpha value is -2.31. The number of carbonyl (C=O) groups excluding carboxylic acids is 3. The standard InChI is InChI=1S/C15H21N3O4/c1-13(20)18(11-14-3-2-10-22-14)5-4-15(21)17-8-6-16(12-19)7-9-17/h2-3,10,12H,4-9,11H2,1H3. The van der Waals surface area contributed by atoms with Crippen LogP contribution < -0.4 is 0 Å². The summed E-state index contributed by atoms with van der Waals surface area (Å²) in [6.07, 6.45) is 2.65. The lowest BCUT2D eigenvalue weighted by molar-refractivity contribution is -0.136. The summed E-state index contributed by atoms with van der Waals surface area (Å²) >= 11 is 0. The summed E-state index contributed by atoms with van der Waals surface area (Å²) in [6, 6.07) is 3.57. The topological polar surface area (TPSA) is 74.1 Å². The molecule has 1 aliphatic heterocycles. The predicted octanol–water partition coefficient (Wildman–Crippen LogP) is 0.319. The van der Waals surface area contributed by atoms with Crippen LogP contribution in [0, 0.1) is 0 Å². The SMILES string of the molecule is CC(=O)N(CCC(=O)N1CCN(C=O)CC1)Cc1ccco1. The van der Waals surface area contributed by atoms with Crippen LogP contribution in [0.2, 0.25) is 0 Å². The van der Waals surface area contributed by atoms with Gasteiger partial charge in [-0.05, 0) is 12.1 Å². The van der Waals surface area contributed by atoms with Gasteiger partial charge in [0.1, 0.15) is 5.76 Å². The number of carbonyl (C=O) groups is 3. The minimum absolute atomic E-state index is 0.0104. The summed E-state index contributed by atoms with van der Waals surface area (Å²) in [6.45, 7) is 4.45. The molecule has 0 N–H and O–H groups in total. The van der Waals surface area contributed by atoms with Crippen LogP contribution in [0.1, 0.15) is 19.1 Å². The highest BCUT2D eigenvalue weighted by molar-refractivity contribution is 5.78. The number of amides is 3. The summed E-state index contributed by atoms with van der Waals surface area (Å²) in [7, 11) is 0. The fraction of sp³-hybridized carbons (Fsp3) is 0.533. The van der Waals surface area contributed by atoms with Crippen molar-refractivity contribution < 1.29 is 18.8 Å². The third-order valence-electron chi connectivity index (χ3n) is 3.78. The molecule has 1 saturated heterocycles. The lowest BCUT2D eigenvalue weighted by atomic mass is 10.2. The Balaban J connectivity index is 1.80. The van der Waals surface area contributed by atoms with Crippen LogP contribution in [0.3, 0.4) is 0 Å². The maximum Gasteiger partial charge on any atom is 0.224 e. The number of hydrogen-bond acceptors (Lipinski definition) is 4. The zero-order valence-electron chi connectivity index (χ0n) is 12.7. The average molecular weight is 307 g/mol. The van der Waals surface area contributed by atoms with E-state index in [0.717, 1.165) is 6.41 Å². The molecular formula is C15H21N3O4. The Bertz CT molecular complexity index is 507. The van der Waals surface area contributed by atoms with Crippen LogP contribution in [-0.4, -0.2) is 65.6 Å². The van der Waals surface area contributed by atoms with Crippen LogP contribution in [0.15, 0.2) is 22.8 Å². The van der Waals surface area contributed by atoms with Crippen molar-refractivity contribution in [1.29, 1.82) is 0 Å². The first-order valence-electron chi connectivity index (χ1n) is 7.35. The molecular weight excluding hydrogens is 286 g/mol. The quantitative estimate of drug-likeness (QED) is 0.709. The molecule has 1 aromatic heterocycles. The Morgan fingerprint density at radius 2 is 2.05 bits per heavy atom. The van der Waals surface area contributed by atoms with Gasteiger partial charge in [-0.1, -0.05) is 0 Å². The Morgan fingerprint density at radius 1 is 1.32 bits per heavy atom. The van der Waals surface area contributed by atoms with Gasteiger partial charge in [-0.25, -0.2) is 0 Å². The van der Waals surface area contributed by atoms with Crippen LogP contribution >= 0.6 is 0 Å². The molecule has 7 nitrogen and oxygen atoms in total. The van der Waals surface area contributed by atoms with Gasteiger partial charge in [0.2, 0.25) is 18.2 Å². The van der Waals surface area contributed by atoms with Gasteiger partial charge in [-0.2, -0.15) is 0 Å². The van der Waals surface area contributed by atoms with Gasteiger partial charge in [0.05, 0.1) is 12.8 Å². The first kappa shape index (κ1) is 16.1. The summed E-state index contributed by atoms with van der Waals surface area (Å²) < 4.78 is 5.23. The second kappa shape index (κ2) is 7.63. The molecule has 0 aliphatic carbocycles. The molecule has 0 radical (unpaired) electrons. The van der Waals surface area contributed by atoms with Crippen molar-refractivity contribution in [2.24, 2.45) is 0 Å². The molecule has 2 heterocycles. The average Bonchev–Trinajstić information content (AvgIpc) is 3.04. The highest BCUT2D eigenvalue weighted by atomic mass is 16.3. The van der Waals surface area contributed by atoms with Crippen LogP contribution in [0.5, 0.6) is 0 Å². The minimum atomic E-state index is -0.0880. The maximum atomic E-state index is 12.2. The van der Waals surface area contributed by atoms with E-state index in [9.17, 15) is 14.4 Å².